The van der Waals surface area contributed by atoms with E-state index in [-0.39, 0.29) is 17.7 Å². The molecule has 1 unspecified atom stereocenters. The minimum absolute atomic E-state index is 0.134. The van der Waals surface area contributed by atoms with Crippen LogP contribution in [0.3, 0.4) is 0 Å². The fraction of sp³-hybridized carbons (Fsp3) is 0.333. The van der Waals surface area contributed by atoms with Gasteiger partial charge in [-0.05, 0) is 73.1 Å². The predicted molar refractivity (Wildman–Crippen MR) is 164 cm³/mol. The summed E-state index contributed by atoms with van der Waals surface area (Å²) in [5, 5.41) is 8.87. The Morgan fingerprint density at radius 3 is 2.17 bits per heavy atom. The second-order valence-electron chi connectivity index (χ2n) is 10.0. The molecular weight excluding hydrogens is 514 g/mol. The molecule has 0 spiro atoms. The smallest absolute Gasteiger partial charge is 0.251 e. The molecule has 0 aromatic heterocycles. The van der Waals surface area contributed by atoms with Crippen LogP contribution in [0.1, 0.15) is 71.4 Å². The van der Waals surface area contributed by atoms with E-state index in [0.717, 1.165) is 38.0 Å². The van der Waals surface area contributed by atoms with Gasteiger partial charge in [0.05, 0.1) is 11.4 Å². The number of fused-ring (bicyclic) bond motifs is 1. The summed E-state index contributed by atoms with van der Waals surface area (Å²) >= 11 is 0. The average molecular weight is 554 g/mol. The molecule has 0 saturated carbocycles. The van der Waals surface area contributed by atoms with Crippen LogP contribution in [0.5, 0.6) is 0 Å². The van der Waals surface area contributed by atoms with Crippen LogP contribution in [0.4, 0.5) is 11.4 Å². The van der Waals surface area contributed by atoms with Crippen molar-refractivity contribution in [2.45, 2.75) is 39.5 Å². The Morgan fingerprint density at radius 2 is 1.49 bits per heavy atom. The van der Waals surface area contributed by atoms with E-state index in [1.54, 1.807) is 42.5 Å². The molecule has 214 valence electrons. The number of amides is 3. The SMILES string of the molecule is CCCCNC(=O)c1ccc2c(c1)C(C(=Nc1ccc(C(=O)NCCN(CC)CC)cc1)c1ccccc1)C(=O)N2. The van der Waals surface area contributed by atoms with Crippen molar-refractivity contribution in [1.82, 2.24) is 15.5 Å². The zero-order chi connectivity index (χ0) is 29.2. The Morgan fingerprint density at radius 1 is 0.829 bits per heavy atom. The van der Waals surface area contributed by atoms with Crippen molar-refractivity contribution < 1.29 is 14.4 Å². The Balaban J connectivity index is 1.60. The number of likely N-dealkylation sites (N-methyl/N-ethyl adjacent to an activating group) is 1. The summed E-state index contributed by atoms with van der Waals surface area (Å²) in [4.78, 5) is 45.9. The summed E-state index contributed by atoms with van der Waals surface area (Å²) in [5.74, 6) is -1.19. The molecule has 3 aromatic rings. The number of rotatable bonds is 13. The van der Waals surface area contributed by atoms with Crippen molar-refractivity contribution in [1.29, 1.82) is 0 Å². The third-order valence-electron chi connectivity index (χ3n) is 7.29. The number of hydrogen-bond donors (Lipinski definition) is 3. The molecule has 8 heteroatoms. The first-order valence-corrected chi connectivity index (χ1v) is 14.4. The lowest BCUT2D eigenvalue weighted by atomic mass is 9.89. The molecule has 0 saturated heterocycles. The van der Waals surface area contributed by atoms with E-state index in [2.05, 4.69) is 41.6 Å². The van der Waals surface area contributed by atoms with Gasteiger partial charge in [0, 0.05) is 36.4 Å². The van der Waals surface area contributed by atoms with Gasteiger partial charge in [-0.1, -0.05) is 57.5 Å². The number of nitrogens with one attached hydrogen (secondary N) is 3. The van der Waals surface area contributed by atoms with Gasteiger partial charge in [-0.2, -0.15) is 0 Å². The van der Waals surface area contributed by atoms with Gasteiger partial charge >= 0.3 is 0 Å². The first-order valence-electron chi connectivity index (χ1n) is 14.4. The largest absolute Gasteiger partial charge is 0.352 e. The molecule has 4 rings (SSSR count). The molecule has 1 atom stereocenters. The number of unbranched alkanes of at least 4 members (excludes halogenated alkanes) is 1. The van der Waals surface area contributed by atoms with Crippen molar-refractivity contribution in [2.75, 3.05) is 38.0 Å². The first-order chi connectivity index (χ1) is 19.9. The van der Waals surface area contributed by atoms with Gasteiger partial charge in [0.2, 0.25) is 5.91 Å². The minimum Gasteiger partial charge on any atom is -0.352 e. The maximum absolute atomic E-state index is 13.3. The highest BCUT2D eigenvalue weighted by molar-refractivity contribution is 6.24. The number of aliphatic imine (C=N–C) groups is 1. The van der Waals surface area contributed by atoms with Crippen molar-refractivity contribution in [3.05, 3.63) is 95.1 Å². The van der Waals surface area contributed by atoms with Crippen LogP contribution in [0, 0.1) is 0 Å². The monoisotopic (exact) mass is 553 g/mol. The van der Waals surface area contributed by atoms with Gasteiger partial charge < -0.3 is 20.9 Å². The van der Waals surface area contributed by atoms with Crippen LogP contribution in [0.15, 0.2) is 77.8 Å². The van der Waals surface area contributed by atoms with Crippen LogP contribution in [0.25, 0.3) is 0 Å². The first kappa shape index (κ1) is 29.7. The summed E-state index contributed by atoms with van der Waals surface area (Å²) in [6.45, 7) is 10.2. The van der Waals surface area contributed by atoms with Crippen molar-refractivity contribution >= 4 is 34.8 Å². The molecule has 0 radical (unpaired) electrons. The molecule has 1 aliphatic heterocycles. The summed E-state index contributed by atoms with van der Waals surface area (Å²) in [5.41, 5.74) is 4.43. The number of anilines is 1. The second-order valence-corrected chi connectivity index (χ2v) is 10.0. The lowest BCUT2D eigenvalue weighted by Crippen LogP contribution is -2.34. The molecule has 1 heterocycles. The van der Waals surface area contributed by atoms with Crippen LogP contribution in [-0.2, 0) is 4.79 Å². The molecule has 3 N–H and O–H groups in total. The summed E-state index contributed by atoms with van der Waals surface area (Å²) in [6, 6.07) is 21.9. The van der Waals surface area contributed by atoms with E-state index in [4.69, 9.17) is 4.99 Å². The van der Waals surface area contributed by atoms with E-state index in [1.807, 2.05) is 30.3 Å². The maximum atomic E-state index is 13.3. The molecule has 1 aliphatic rings. The highest BCUT2D eigenvalue weighted by Crippen LogP contribution is 2.37. The third-order valence-corrected chi connectivity index (χ3v) is 7.29. The number of hydrogen-bond acceptors (Lipinski definition) is 5. The number of carbonyl (C=O) groups excluding carboxylic acids is 3. The highest BCUT2D eigenvalue weighted by atomic mass is 16.2. The van der Waals surface area contributed by atoms with Gasteiger partial charge in [-0.15, -0.1) is 0 Å². The Bertz CT molecular complexity index is 1380. The lowest BCUT2D eigenvalue weighted by Gasteiger charge is -2.18. The van der Waals surface area contributed by atoms with Crippen molar-refractivity contribution in [2.24, 2.45) is 4.99 Å². The van der Waals surface area contributed by atoms with Gasteiger partial charge in [0.25, 0.3) is 11.8 Å². The molecule has 0 bridgehead atoms. The van der Waals surface area contributed by atoms with E-state index >= 15 is 0 Å². The van der Waals surface area contributed by atoms with Gasteiger partial charge in [0.1, 0.15) is 5.92 Å². The molecule has 41 heavy (non-hydrogen) atoms. The summed E-state index contributed by atoms with van der Waals surface area (Å²) in [7, 11) is 0. The second kappa shape index (κ2) is 14.4. The van der Waals surface area contributed by atoms with Crippen LogP contribution in [0.2, 0.25) is 0 Å². The van der Waals surface area contributed by atoms with Gasteiger partial charge in [-0.3, -0.25) is 19.4 Å². The Hall–Kier alpha value is -4.30. The maximum Gasteiger partial charge on any atom is 0.251 e. The topological polar surface area (TPSA) is 103 Å². The Labute approximate surface area is 242 Å². The fourth-order valence-electron chi connectivity index (χ4n) is 4.86. The molecule has 3 amide bonds. The minimum atomic E-state index is -0.696. The van der Waals surface area contributed by atoms with Gasteiger partial charge in [-0.25, -0.2) is 0 Å². The number of carbonyl (C=O) groups is 3. The van der Waals surface area contributed by atoms with Crippen molar-refractivity contribution in [3.8, 4) is 0 Å². The van der Waals surface area contributed by atoms with Gasteiger partial charge in [0.15, 0.2) is 0 Å². The zero-order valence-electron chi connectivity index (χ0n) is 24.1. The van der Waals surface area contributed by atoms with E-state index in [1.165, 1.54) is 0 Å². The average Bonchev–Trinajstić information content (AvgIpc) is 3.33. The molecular formula is C33H39N5O3. The fourth-order valence-corrected chi connectivity index (χ4v) is 4.86. The van der Waals surface area contributed by atoms with Crippen LogP contribution in [-0.4, -0.2) is 61.1 Å². The lowest BCUT2D eigenvalue weighted by molar-refractivity contribution is -0.115. The molecule has 8 nitrogen and oxygen atoms in total. The van der Waals surface area contributed by atoms with E-state index in [9.17, 15) is 14.4 Å². The van der Waals surface area contributed by atoms with Crippen LogP contribution >= 0.6 is 0 Å². The summed E-state index contributed by atoms with van der Waals surface area (Å²) in [6.07, 6.45) is 1.89. The van der Waals surface area contributed by atoms with Crippen LogP contribution < -0.4 is 16.0 Å². The quantitative estimate of drug-likeness (QED) is 0.201. The molecule has 0 aliphatic carbocycles. The standard InChI is InChI=1S/C33H39N5O3/c1-4-7-19-34-32(40)25-15-18-28-27(22-25)29(33(41)37-28)30(23-11-9-8-10-12-23)36-26-16-13-24(14-17-26)31(39)35-20-21-38(5-2)6-3/h8-18,22,29H,4-7,19-21H2,1-3H3,(H,34,40)(H,35,39)(H,37,41). The van der Waals surface area contributed by atoms with Crippen molar-refractivity contribution in [3.63, 3.8) is 0 Å². The molecule has 0 fully saturated rings. The number of benzene rings is 3. The number of nitrogens with zero attached hydrogens (tertiary/aromatic N) is 2. The van der Waals surface area contributed by atoms with E-state index < -0.39 is 5.92 Å². The highest BCUT2D eigenvalue weighted by Gasteiger charge is 2.36. The predicted octanol–water partition coefficient (Wildman–Crippen LogP) is 5.14. The zero-order valence-corrected chi connectivity index (χ0v) is 24.1. The Kier molecular flexibility index (Phi) is 10.4. The third kappa shape index (κ3) is 7.46. The van der Waals surface area contributed by atoms with E-state index in [0.29, 0.717) is 46.9 Å². The normalized spacial score (nSPS) is 14.5. The molecule has 3 aromatic carbocycles. The summed E-state index contributed by atoms with van der Waals surface area (Å²) < 4.78 is 0.